The van der Waals surface area contributed by atoms with Gasteiger partial charge in [0.25, 0.3) is 11.8 Å². The van der Waals surface area contributed by atoms with E-state index in [-0.39, 0.29) is 11.8 Å². The summed E-state index contributed by atoms with van der Waals surface area (Å²) in [5, 5.41) is 0.652. The van der Waals surface area contributed by atoms with Gasteiger partial charge in [0.2, 0.25) is 0 Å². The number of rotatable bonds is 4. The molecule has 0 aliphatic carbocycles. The number of amides is 2. The molecule has 34 heavy (non-hydrogen) atoms. The van der Waals surface area contributed by atoms with E-state index in [0.717, 1.165) is 47.6 Å². The Morgan fingerprint density at radius 2 is 1.71 bits per heavy atom. The van der Waals surface area contributed by atoms with E-state index in [9.17, 15) is 9.59 Å². The molecule has 172 valence electrons. The van der Waals surface area contributed by atoms with Gasteiger partial charge in [-0.15, -0.1) is 0 Å². The van der Waals surface area contributed by atoms with Gasteiger partial charge in [0.15, 0.2) is 0 Å². The zero-order valence-electron chi connectivity index (χ0n) is 18.7. The number of piperidine rings is 1. The van der Waals surface area contributed by atoms with Gasteiger partial charge in [-0.3, -0.25) is 9.59 Å². The third kappa shape index (κ3) is 4.91. The van der Waals surface area contributed by atoms with Crippen LogP contribution in [0.2, 0.25) is 5.02 Å². The maximum atomic E-state index is 13.5. The Hall–Kier alpha value is -3.02. The molecule has 0 N–H and O–H groups in total. The number of fused-ring (bicyclic) bond motifs is 1. The number of anilines is 1. The summed E-state index contributed by atoms with van der Waals surface area (Å²) >= 11 is 7.65. The number of carbonyl (C=O) groups is 2. The highest BCUT2D eigenvalue weighted by Gasteiger charge is 2.29. The van der Waals surface area contributed by atoms with Gasteiger partial charge in [0.1, 0.15) is 0 Å². The van der Waals surface area contributed by atoms with Gasteiger partial charge in [-0.1, -0.05) is 59.8 Å². The number of hydrogen-bond acceptors (Lipinski definition) is 3. The van der Waals surface area contributed by atoms with Crippen LogP contribution in [0.15, 0.2) is 82.6 Å². The van der Waals surface area contributed by atoms with E-state index in [2.05, 4.69) is 0 Å². The van der Waals surface area contributed by atoms with E-state index >= 15 is 0 Å². The summed E-state index contributed by atoms with van der Waals surface area (Å²) in [4.78, 5) is 31.7. The summed E-state index contributed by atoms with van der Waals surface area (Å²) in [5.41, 5.74) is 3.47. The first-order valence-corrected chi connectivity index (χ1v) is 12.7. The van der Waals surface area contributed by atoms with Crippen LogP contribution in [-0.4, -0.2) is 29.8 Å². The van der Waals surface area contributed by atoms with Crippen molar-refractivity contribution in [3.8, 4) is 0 Å². The maximum absolute atomic E-state index is 13.5. The average molecular weight is 489 g/mol. The molecular formula is C28H25ClN2O2S. The lowest BCUT2D eigenvalue weighted by molar-refractivity contribution is -0.114. The summed E-state index contributed by atoms with van der Waals surface area (Å²) < 4.78 is 0. The molecule has 0 unspecified atom stereocenters. The highest BCUT2D eigenvalue weighted by molar-refractivity contribution is 8.04. The molecule has 6 heteroatoms. The molecule has 3 aromatic rings. The normalized spacial score (nSPS) is 17.1. The predicted molar refractivity (Wildman–Crippen MR) is 139 cm³/mol. The number of halogens is 1. The molecule has 1 saturated heterocycles. The van der Waals surface area contributed by atoms with Gasteiger partial charge in [0, 0.05) is 28.6 Å². The fourth-order valence-corrected chi connectivity index (χ4v) is 5.66. The van der Waals surface area contributed by atoms with Gasteiger partial charge in [-0.25, -0.2) is 0 Å². The highest BCUT2D eigenvalue weighted by Crippen LogP contribution is 2.42. The van der Waals surface area contributed by atoms with E-state index in [4.69, 9.17) is 11.6 Å². The van der Waals surface area contributed by atoms with Gasteiger partial charge in [-0.05, 0) is 72.9 Å². The lowest BCUT2D eigenvalue weighted by atomic mass is 10.1. The van der Waals surface area contributed by atoms with Crippen LogP contribution in [0.3, 0.4) is 0 Å². The summed E-state index contributed by atoms with van der Waals surface area (Å²) in [6.45, 7) is 2.10. The van der Waals surface area contributed by atoms with Crippen LogP contribution in [0.5, 0.6) is 0 Å². The minimum Gasteiger partial charge on any atom is -0.339 e. The molecule has 2 aliphatic rings. The second-order valence-electron chi connectivity index (χ2n) is 8.57. The van der Waals surface area contributed by atoms with Crippen LogP contribution >= 0.6 is 23.4 Å². The minimum absolute atomic E-state index is 0.0443. The zero-order valence-corrected chi connectivity index (χ0v) is 20.3. The molecule has 0 radical (unpaired) electrons. The Kier molecular flexibility index (Phi) is 6.75. The average Bonchev–Trinajstić information content (AvgIpc) is 2.87. The fraction of sp³-hybridized carbons (Fsp3) is 0.214. The first kappa shape index (κ1) is 22.8. The molecule has 0 spiro atoms. The Bertz CT molecular complexity index is 1250. The monoisotopic (exact) mass is 488 g/mol. The van der Waals surface area contributed by atoms with Crippen LogP contribution in [0, 0.1) is 0 Å². The summed E-state index contributed by atoms with van der Waals surface area (Å²) in [6.07, 6.45) is 5.24. The molecule has 0 aromatic heterocycles. The molecule has 0 saturated carbocycles. The molecule has 3 aromatic carbocycles. The van der Waals surface area contributed by atoms with E-state index in [1.165, 1.54) is 18.2 Å². The number of thioether (sulfide) groups is 1. The molecule has 2 amide bonds. The number of carbonyl (C=O) groups excluding carboxylic acids is 2. The van der Waals surface area contributed by atoms with Crippen LogP contribution in [-0.2, 0) is 11.3 Å². The fourth-order valence-electron chi connectivity index (χ4n) is 4.39. The van der Waals surface area contributed by atoms with Crippen molar-refractivity contribution in [2.75, 3.05) is 18.0 Å². The standard InChI is InChI=1S/C28H25ClN2O2S/c29-23-8-6-7-21(17-23)19-31-24-9-2-3-10-25(24)34-26(28(31)33)18-20-11-13-22(14-12-20)27(32)30-15-4-1-5-16-30/h2-3,6-14,17-18H,1,4-5,15-16,19H2. The lowest BCUT2D eigenvalue weighted by Crippen LogP contribution is -2.35. The zero-order chi connectivity index (χ0) is 23.5. The molecule has 0 atom stereocenters. The second kappa shape index (κ2) is 10.1. The molecule has 4 nitrogen and oxygen atoms in total. The third-order valence-electron chi connectivity index (χ3n) is 6.16. The molecular weight excluding hydrogens is 464 g/mol. The van der Waals surface area contributed by atoms with Gasteiger partial charge in [-0.2, -0.15) is 0 Å². The Labute approximate surface area is 209 Å². The Balaban J connectivity index is 1.40. The largest absolute Gasteiger partial charge is 0.339 e. The summed E-state index contributed by atoms with van der Waals surface area (Å²) in [7, 11) is 0. The number of hydrogen-bond donors (Lipinski definition) is 0. The maximum Gasteiger partial charge on any atom is 0.265 e. The van der Waals surface area contributed by atoms with Crippen LogP contribution in [0.1, 0.15) is 40.7 Å². The lowest BCUT2D eigenvalue weighted by Gasteiger charge is -2.30. The third-order valence-corrected chi connectivity index (χ3v) is 7.47. The van der Waals surface area contributed by atoms with Gasteiger partial charge < -0.3 is 9.80 Å². The molecule has 2 heterocycles. The van der Waals surface area contributed by atoms with Gasteiger partial charge >= 0.3 is 0 Å². The van der Waals surface area contributed by atoms with E-state index in [1.807, 2.05) is 83.8 Å². The van der Waals surface area contributed by atoms with Crippen molar-refractivity contribution in [1.82, 2.24) is 4.90 Å². The summed E-state index contributed by atoms with van der Waals surface area (Å²) in [5.74, 6) is 0.0424. The Morgan fingerprint density at radius 3 is 2.47 bits per heavy atom. The number of likely N-dealkylation sites (tertiary alicyclic amines) is 1. The van der Waals surface area contributed by atoms with Crippen LogP contribution in [0.25, 0.3) is 6.08 Å². The number of benzene rings is 3. The number of nitrogens with zero attached hydrogens (tertiary/aromatic N) is 2. The van der Waals surface area contributed by atoms with Crippen molar-refractivity contribution in [3.63, 3.8) is 0 Å². The molecule has 5 rings (SSSR count). The van der Waals surface area contributed by atoms with Crippen LogP contribution in [0.4, 0.5) is 5.69 Å². The number of para-hydroxylation sites is 1. The predicted octanol–water partition coefficient (Wildman–Crippen LogP) is 6.65. The van der Waals surface area contributed by atoms with Crippen molar-refractivity contribution in [2.45, 2.75) is 30.7 Å². The van der Waals surface area contributed by atoms with Crippen molar-refractivity contribution in [1.29, 1.82) is 0 Å². The van der Waals surface area contributed by atoms with Crippen LogP contribution < -0.4 is 4.90 Å². The minimum atomic E-state index is -0.0443. The highest BCUT2D eigenvalue weighted by atomic mass is 35.5. The van der Waals surface area contributed by atoms with Crippen molar-refractivity contribution < 1.29 is 9.59 Å². The van der Waals surface area contributed by atoms with E-state index in [0.29, 0.717) is 22.0 Å². The first-order chi connectivity index (χ1) is 16.6. The summed E-state index contributed by atoms with van der Waals surface area (Å²) in [6, 6.07) is 23.1. The first-order valence-electron chi connectivity index (χ1n) is 11.5. The SMILES string of the molecule is O=C(c1ccc(C=C2Sc3ccccc3N(Cc3cccc(Cl)c3)C2=O)cc1)N1CCCCC1. The molecule has 0 bridgehead atoms. The second-order valence-corrected chi connectivity index (χ2v) is 10.1. The van der Waals surface area contributed by atoms with Gasteiger partial charge in [0.05, 0.1) is 17.1 Å². The Morgan fingerprint density at radius 1 is 0.941 bits per heavy atom. The quantitative estimate of drug-likeness (QED) is 0.386. The topological polar surface area (TPSA) is 40.6 Å². The van der Waals surface area contributed by atoms with Crippen molar-refractivity contribution in [2.24, 2.45) is 0 Å². The molecule has 1 fully saturated rings. The smallest absolute Gasteiger partial charge is 0.265 e. The van der Waals surface area contributed by atoms with E-state index in [1.54, 1.807) is 4.90 Å². The van der Waals surface area contributed by atoms with E-state index < -0.39 is 0 Å². The van der Waals surface area contributed by atoms with Crippen molar-refractivity contribution in [3.05, 3.63) is 99.4 Å². The van der Waals surface area contributed by atoms with Crippen molar-refractivity contribution >= 4 is 46.9 Å². The molecule has 2 aliphatic heterocycles.